The fourth-order valence-electron chi connectivity index (χ4n) is 3.96. The molecule has 4 rings (SSSR count). The van der Waals surface area contributed by atoms with Gasteiger partial charge in [-0.05, 0) is 37.3 Å². The summed E-state index contributed by atoms with van der Waals surface area (Å²) >= 11 is 0. The predicted octanol–water partition coefficient (Wildman–Crippen LogP) is 2.58. The van der Waals surface area contributed by atoms with Gasteiger partial charge in [0.2, 0.25) is 0 Å². The lowest BCUT2D eigenvalue weighted by Gasteiger charge is -2.23. The number of rotatable bonds is 7. The second-order valence-electron chi connectivity index (χ2n) is 7.81. The highest BCUT2D eigenvalue weighted by Gasteiger charge is 2.33. The number of amides is 2. The average Bonchev–Trinajstić information content (AvgIpc) is 3.27. The Balaban J connectivity index is 1.23. The number of benzene rings is 1. The van der Waals surface area contributed by atoms with Gasteiger partial charge in [0.15, 0.2) is 0 Å². The van der Waals surface area contributed by atoms with Gasteiger partial charge < -0.3 is 15.1 Å². The van der Waals surface area contributed by atoms with E-state index in [1.807, 2.05) is 24.3 Å². The Morgan fingerprint density at radius 1 is 1.26 bits per heavy atom. The molecule has 6 heteroatoms. The Kier molecular flexibility index (Phi) is 5.43. The van der Waals surface area contributed by atoms with E-state index >= 15 is 0 Å². The lowest BCUT2D eigenvalue weighted by atomic mass is 9.99. The van der Waals surface area contributed by atoms with E-state index in [0.717, 1.165) is 38.0 Å². The van der Waals surface area contributed by atoms with Gasteiger partial charge in [-0.3, -0.25) is 4.68 Å². The van der Waals surface area contributed by atoms with Gasteiger partial charge in [-0.2, -0.15) is 5.10 Å². The summed E-state index contributed by atoms with van der Waals surface area (Å²) in [5.41, 5.74) is 2.52. The number of urea groups is 1. The Morgan fingerprint density at radius 2 is 2.07 bits per heavy atom. The van der Waals surface area contributed by atoms with Crippen LogP contribution in [0.15, 0.2) is 42.7 Å². The zero-order valence-corrected chi connectivity index (χ0v) is 16.1. The number of hydrogen-bond donors (Lipinski definition) is 1. The van der Waals surface area contributed by atoms with E-state index in [-0.39, 0.29) is 6.03 Å². The number of hydrogen-bond acceptors (Lipinski definition) is 3. The molecule has 1 aromatic carbocycles. The second-order valence-corrected chi connectivity index (χ2v) is 7.81. The van der Waals surface area contributed by atoms with Crippen LogP contribution in [0, 0.1) is 0 Å². The summed E-state index contributed by atoms with van der Waals surface area (Å²) < 4.78 is 1.79. The summed E-state index contributed by atoms with van der Waals surface area (Å²) in [7, 11) is 1.91. The van der Waals surface area contributed by atoms with Gasteiger partial charge in [-0.25, -0.2) is 4.79 Å². The maximum Gasteiger partial charge on any atom is 0.317 e. The molecule has 1 aliphatic heterocycles. The van der Waals surface area contributed by atoms with Crippen LogP contribution in [0.1, 0.15) is 36.3 Å². The van der Waals surface area contributed by atoms with E-state index < -0.39 is 0 Å². The third-order valence-corrected chi connectivity index (χ3v) is 5.61. The van der Waals surface area contributed by atoms with E-state index in [9.17, 15) is 4.79 Å². The number of carbonyl (C=O) groups excluding carboxylic acids is 1. The summed E-state index contributed by atoms with van der Waals surface area (Å²) in [5, 5.41) is 7.34. The number of nitrogens with one attached hydrogen (secondary N) is 1. The first-order valence-corrected chi connectivity index (χ1v) is 9.98. The maximum absolute atomic E-state index is 12.7. The molecule has 0 unspecified atom stereocenters. The SMILES string of the molecule is Cn1cc(CN(C(=O)NCCN2CC[C@H](c3ccccc3)C2)C2CC2)cn1. The van der Waals surface area contributed by atoms with Crippen molar-refractivity contribution in [3.8, 4) is 0 Å². The molecular weight excluding hydrogens is 338 g/mol. The molecule has 1 atom stereocenters. The first-order valence-electron chi connectivity index (χ1n) is 9.98. The van der Waals surface area contributed by atoms with Crippen molar-refractivity contribution in [1.29, 1.82) is 0 Å². The standard InChI is InChI=1S/C21H29N5O/c1-24-14-17(13-23-24)15-26(20-7-8-20)21(27)22-10-12-25-11-9-19(16-25)18-5-3-2-4-6-18/h2-6,13-14,19-20H,7-12,15-16H2,1H3,(H,22,27)/t19-/m0/s1. The summed E-state index contributed by atoms with van der Waals surface area (Å²) in [6, 6.07) is 11.2. The Labute approximate surface area is 161 Å². The lowest BCUT2D eigenvalue weighted by molar-refractivity contribution is 0.190. The Bertz CT molecular complexity index is 755. The van der Waals surface area contributed by atoms with Gasteiger partial charge in [-0.1, -0.05) is 30.3 Å². The molecule has 0 spiro atoms. The number of carbonyl (C=O) groups is 1. The summed E-state index contributed by atoms with van der Waals surface area (Å²) in [6.45, 7) is 4.46. The minimum Gasteiger partial charge on any atom is -0.337 e. The summed E-state index contributed by atoms with van der Waals surface area (Å²) in [4.78, 5) is 17.1. The molecule has 1 aromatic heterocycles. The van der Waals surface area contributed by atoms with Crippen molar-refractivity contribution in [2.24, 2.45) is 7.05 Å². The summed E-state index contributed by atoms with van der Waals surface area (Å²) in [6.07, 6.45) is 7.25. The highest BCUT2D eigenvalue weighted by molar-refractivity contribution is 5.74. The average molecular weight is 367 g/mol. The molecule has 2 aliphatic rings. The van der Waals surface area contributed by atoms with Crippen molar-refractivity contribution < 1.29 is 4.79 Å². The third-order valence-electron chi connectivity index (χ3n) is 5.61. The molecule has 2 fully saturated rings. The van der Waals surface area contributed by atoms with E-state index in [0.29, 0.717) is 25.0 Å². The second kappa shape index (κ2) is 8.13. The molecule has 0 radical (unpaired) electrons. The highest BCUT2D eigenvalue weighted by atomic mass is 16.2. The molecule has 2 aromatic rings. The van der Waals surface area contributed by atoms with Crippen molar-refractivity contribution in [1.82, 2.24) is 24.9 Å². The van der Waals surface area contributed by atoms with Gasteiger partial charge in [-0.15, -0.1) is 0 Å². The molecule has 2 amide bonds. The monoisotopic (exact) mass is 367 g/mol. The van der Waals surface area contributed by atoms with Crippen molar-refractivity contribution in [2.75, 3.05) is 26.2 Å². The fourth-order valence-corrected chi connectivity index (χ4v) is 3.96. The van der Waals surface area contributed by atoms with Crippen LogP contribution in [0.2, 0.25) is 0 Å². The molecule has 1 aliphatic carbocycles. The Hall–Kier alpha value is -2.34. The van der Waals surface area contributed by atoms with Crippen molar-refractivity contribution in [3.63, 3.8) is 0 Å². The highest BCUT2D eigenvalue weighted by Crippen LogP contribution is 2.28. The molecule has 0 bridgehead atoms. The first kappa shape index (κ1) is 18.0. The molecule has 6 nitrogen and oxygen atoms in total. The van der Waals surface area contributed by atoms with Crippen LogP contribution in [0.5, 0.6) is 0 Å². The number of aromatic nitrogens is 2. The van der Waals surface area contributed by atoms with Crippen molar-refractivity contribution in [3.05, 3.63) is 53.9 Å². The van der Waals surface area contributed by atoms with E-state index in [1.165, 1.54) is 12.0 Å². The molecular formula is C21H29N5O. The normalized spacial score (nSPS) is 20.0. The van der Waals surface area contributed by atoms with Crippen LogP contribution in [0.25, 0.3) is 0 Å². The van der Waals surface area contributed by atoms with Gasteiger partial charge in [0.25, 0.3) is 0 Å². The third kappa shape index (κ3) is 4.69. The molecule has 27 heavy (non-hydrogen) atoms. The minimum atomic E-state index is 0.0557. The number of nitrogens with zero attached hydrogens (tertiary/aromatic N) is 4. The lowest BCUT2D eigenvalue weighted by Crippen LogP contribution is -2.43. The van der Waals surface area contributed by atoms with Crippen LogP contribution >= 0.6 is 0 Å². The topological polar surface area (TPSA) is 53.4 Å². The molecule has 144 valence electrons. The van der Waals surface area contributed by atoms with Gasteiger partial charge >= 0.3 is 6.03 Å². The molecule has 1 saturated heterocycles. The quantitative estimate of drug-likeness (QED) is 0.818. The maximum atomic E-state index is 12.7. The minimum absolute atomic E-state index is 0.0557. The van der Waals surface area contributed by atoms with Gasteiger partial charge in [0.05, 0.1) is 12.7 Å². The summed E-state index contributed by atoms with van der Waals surface area (Å²) in [5.74, 6) is 0.621. The van der Waals surface area contributed by atoms with E-state index in [4.69, 9.17) is 0 Å². The van der Waals surface area contributed by atoms with Gasteiger partial charge in [0, 0.05) is 44.5 Å². The van der Waals surface area contributed by atoms with Crippen LogP contribution in [0.3, 0.4) is 0 Å². The molecule has 1 N–H and O–H groups in total. The van der Waals surface area contributed by atoms with E-state index in [1.54, 1.807) is 4.68 Å². The zero-order valence-electron chi connectivity index (χ0n) is 16.1. The largest absolute Gasteiger partial charge is 0.337 e. The van der Waals surface area contributed by atoms with E-state index in [2.05, 4.69) is 45.6 Å². The van der Waals surface area contributed by atoms with Crippen LogP contribution in [0.4, 0.5) is 4.79 Å². The van der Waals surface area contributed by atoms with Crippen molar-refractivity contribution in [2.45, 2.75) is 37.8 Å². The van der Waals surface area contributed by atoms with Crippen molar-refractivity contribution >= 4 is 6.03 Å². The Morgan fingerprint density at radius 3 is 2.78 bits per heavy atom. The predicted molar refractivity (Wildman–Crippen MR) is 105 cm³/mol. The van der Waals surface area contributed by atoms with Crippen LogP contribution < -0.4 is 5.32 Å². The molecule has 1 saturated carbocycles. The molecule has 2 heterocycles. The van der Waals surface area contributed by atoms with Crippen LogP contribution in [-0.4, -0.2) is 57.8 Å². The smallest absolute Gasteiger partial charge is 0.317 e. The number of likely N-dealkylation sites (tertiary alicyclic amines) is 1. The number of aryl methyl sites for hydroxylation is 1. The fraction of sp³-hybridized carbons (Fsp3) is 0.524. The first-order chi connectivity index (χ1) is 13.2. The van der Waals surface area contributed by atoms with Crippen LogP contribution in [-0.2, 0) is 13.6 Å². The van der Waals surface area contributed by atoms with Gasteiger partial charge in [0.1, 0.15) is 0 Å². The zero-order chi connectivity index (χ0) is 18.6.